The molecule has 2 nitrogen and oxygen atoms in total. The Balaban J connectivity index is 2.81. The van der Waals surface area contributed by atoms with E-state index >= 15 is 0 Å². The number of hydrogen-bond acceptors (Lipinski definition) is 3. The lowest BCUT2D eigenvalue weighted by Crippen LogP contribution is -2.23. The Morgan fingerprint density at radius 2 is 2.06 bits per heavy atom. The number of methoxy groups -OCH3 is 1. The number of rotatable bonds is 7. The molecule has 16 heavy (non-hydrogen) atoms. The molecule has 1 N–H and O–H groups in total. The number of ether oxygens (including phenoxy) is 1. The first-order valence-electron chi connectivity index (χ1n) is 5.77. The Kier molecular flexibility index (Phi) is 6.34. The van der Waals surface area contributed by atoms with Crippen molar-refractivity contribution in [3.8, 4) is 5.75 Å². The van der Waals surface area contributed by atoms with Gasteiger partial charge >= 0.3 is 0 Å². The average Bonchev–Trinajstić information content (AvgIpc) is 2.34. The molecule has 1 unspecified atom stereocenters. The minimum absolute atomic E-state index is 0.381. The molecule has 0 saturated heterocycles. The first-order chi connectivity index (χ1) is 7.83. The van der Waals surface area contributed by atoms with Crippen molar-refractivity contribution in [3.63, 3.8) is 0 Å². The Morgan fingerprint density at radius 1 is 1.31 bits per heavy atom. The van der Waals surface area contributed by atoms with Gasteiger partial charge in [0.15, 0.2) is 0 Å². The van der Waals surface area contributed by atoms with Gasteiger partial charge in [-0.2, -0.15) is 11.8 Å². The predicted molar refractivity (Wildman–Crippen MR) is 72.4 cm³/mol. The molecule has 0 saturated carbocycles. The summed E-state index contributed by atoms with van der Waals surface area (Å²) in [5, 5.41) is 3.51. The van der Waals surface area contributed by atoms with E-state index in [9.17, 15) is 0 Å². The highest BCUT2D eigenvalue weighted by atomic mass is 32.2. The normalized spacial score (nSPS) is 12.4. The molecule has 90 valence electrons. The standard InChI is InChI=1S/C13H21NOS/c1-4-14-12(10-16-5-2)11-8-6-7-9-13(11)15-3/h6-9,12,14H,4-5,10H2,1-3H3. The first kappa shape index (κ1) is 13.4. The largest absolute Gasteiger partial charge is 0.496 e. The van der Waals surface area contributed by atoms with Crippen molar-refractivity contribution in [1.29, 1.82) is 0 Å². The molecule has 3 heteroatoms. The third-order valence-corrected chi connectivity index (χ3v) is 3.43. The quantitative estimate of drug-likeness (QED) is 0.790. The van der Waals surface area contributed by atoms with Gasteiger partial charge in [-0.05, 0) is 18.4 Å². The molecule has 1 atom stereocenters. The van der Waals surface area contributed by atoms with Gasteiger partial charge in [-0.15, -0.1) is 0 Å². The van der Waals surface area contributed by atoms with Crippen LogP contribution in [0, 0.1) is 0 Å². The summed E-state index contributed by atoms with van der Waals surface area (Å²) in [6.45, 7) is 5.31. The van der Waals surface area contributed by atoms with Gasteiger partial charge in [-0.1, -0.05) is 32.0 Å². The topological polar surface area (TPSA) is 21.3 Å². The molecule has 0 fully saturated rings. The summed E-state index contributed by atoms with van der Waals surface area (Å²) in [5.41, 5.74) is 1.26. The second kappa shape index (κ2) is 7.58. The van der Waals surface area contributed by atoms with E-state index < -0.39 is 0 Å². The van der Waals surface area contributed by atoms with Crippen LogP contribution in [0.1, 0.15) is 25.5 Å². The van der Waals surface area contributed by atoms with Crippen molar-refractivity contribution >= 4 is 11.8 Å². The first-order valence-corrected chi connectivity index (χ1v) is 6.93. The SMILES string of the molecule is CCNC(CSCC)c1ccccc1OC. The molecule has 1 aromatic rings. The number of hydrogen-bond donors (Lipinski definition) is 1. The fourth-order valence-corrected chi connectivity index (χ4v) is 2.46. The number of thioether (sulfide) groups is 1. The highest BCUT2D eigenvalue weighted by Crippen LogP contribution is 2.27. The summed E-state index contributed by atoms with van der Waals surface area (Å²) in [6.07, 6.45) is 0. The minimum atomic E-state index is 0.381. The van der Waals surface area contributed by atoms with E-state index in [4.69, 9.17) is 4.74 Å². The van der Waals surface area contributed by atoms with Crippen LogP contribution >= 0.6 is 11.8 Å². The molecule has 0 aliphatic rings. The van der Waals surface area contributed by atoms with Crippen molar-refractivity contribution in [2.24, 2.45) is 0 Å². The average molecular weight is 239 g/mol. The van der Waals surface area contributed by atoms with Crippen LogP contribution in [0.2, 0.25) is 0 Å². The van der Waals surface area contributed by atoms with Gasteiger partial charge in [0.05, 0.1) is 7.11 Å². The summed E-state index contributed by atoms with van der Waals surface area (Å²) in [5.74, 6) is 3.21. The summed E-state index contributed by atoms with van der Waals surface area (Å²) < 4.78 is 5.40. The lowest BCUT2D eigenvalue weighted by atomic mass is 10.1. The lowest BCUT2D eigenvalue weighted by Gasteiger charge is -2.20. The van der Waals surface area contributed by atoms with Crippen molar-refractivity contribution in [1.82, 2.24) is 5.32 Å². The van der Waals surface area contributed by atoms with Gasteiger partial charge in [-0.25, -0.2) is 0 Å². The Bertz CT molecular complexity index is 304. The van der Waals surface area contributed by atoms with Gasteiger partial charge in [0.25, 0.3) is 0 Å². The molecule has 1 aromatic carbocycles. The van der Waals surface area contributed by atoms with Crippen LogP contribution in [-0.4, -0.2) is 25.2 Å². The van der Waals surface area contributed by atoms with Crippen molar-refractivity contribution < 1.29 is 4.74 Å². The molecule has 0 heterocycles. The molecular weight excluding hydrogens is 218 g/mol. The van der Waals surface area contributed by atoms with E-state index in [-0.39, 0.29) is 0 Å². The third kappa shape index (κ3) is 3.72. The second-order valence-electron chi connectivity index (χ2n) is 3.51. The zero-order chi connectivity index (χ0) is 11.8. The van der Waals surface area contributed by atoms with E-state index in [1.165, 1.54) is 5.56 Å². The molecule has 1 rings (SSSR count). The molecule has 0 amide bonds. The van der Waals surface area contributed by atoms with Crippen LogP contribution in [-0.2, 0) is 0 Å². The van der Waals surface area contributed by atoms with Gasteiger partial charge in [-0.3, -0.25) is 0 Å². The summed E-state index contributed by atoms with van der Waals surface area (Å²) >= 11 is 1.95. The number of nitrogens with one attached hydrogen (secondary N) is 1. The lowest BCUT2D eigenvalue weighted by molar-refractivity contribution is 0.403. The van der Waals surface area contributed by atoms with E-state index in [1.807, 2.05) is 23.9 Å². The van der Waals surface area contributed by atoms with E-state index in [2.05, 4.69) is 31.3 Å². The van der Waals surface area contributed by atoms with E-state index in [0.717, 1.165) is 23.8 Å². The molecule has 0 aliphatic carbocycles. The van der Waals surface area contributed by atoms with Gasteiger partial charge < -0.3 is 10.1 Å². The fourth-order valence-electron chi connectivity index (χ4n) is 1.70. The zero-order valence-electron chi connectivity index (χ0n) is 10.3. The molecule has 0 spiro atoms. The summed E-state index contributed by atoms with van der Waals surface area (Å²) in [4.78, 5) is 0. The monoisotopic (exact) mass is 239 g/mol. The molecule has 0 radical (unpaired) electrons. The highest BCUT2D eigenvalue weighted by Gasteiger charge is 2.13. The van der Waals surface area contributed by atoms with Crippen LogP contribution in [0.15, 0.2) is 24.3 Å². The van der Waals surface area contributed by atoms with E-state index in [0.29, 0.717) is 6.04 Å². The Labute approximate surface area is 103 Å². The maximum absolute atomic E-state index is 5.40. The van der Waals surface area contributed by atoms with Crippen LogP contribution in [0.5, 0.6) is 5.75 Å². The highest BCUT2D eigenvalue weighted by molar-refractivity contribution is 7.99. The fraction of sp³-hybridized carbons (Fsp3) is 0.538. The van der Waals surface area contributed by atoms with Gasteiger partial charge in [0, 0.05) is 17.4 Å². The van der Waals surface area contributed by atoms with Crippen LogP contribution in [0.25, 0.3) is 0 Å². The number of benzene rings is 1. The Hall–Kier alpha value is -0.670. The summed E-state index contributed by atoms with van der Waals surface area (Å²) in [7, 11) is 1.73. The smallest absolute Gasteiger partial charge is 0.123 e. The maximum atomic E-state index is 5.40. The number of para-hydroxylation sites is 1. The predicted octanol–water partition coefficient (Wildman–Crippen LogP) is 3.10. The van der Waals surface area contributed by atoms with Crippen LogP contribution < -0.4 is 10.1 Å². The molecule has 0 bridgehead atoms. The van der Waals surface area contributed by atoms with Gasteiger partial charge in [0.1, 0.15) is 5.75 Å². The van der Waals surface area contributed by atoms with Crippen molar-refractivity contribution in [2.45, 2.75) is 19.9 Å². The third-order valence-electron chi connectivity index (χ3n) is 2.45. The molecule has 0 aliphatic heterocycles. The van der Waals surface area contributed by atoms with Crippen molar-refractivity contribution in [2.75, 3.05) is 25.2 Å². The van der Waals surface area contributed by atoms with Crippen LogP contribution in [0.4, 0.5) is 0 Å². The van der Waals surface area contributed by atoms with Gasteiger partial charge in [0.2, 0.25) is 0 Å². The minimum Gasteiger partial charge on any atom is -0.496 e. The second-order valence-corrected chi connectivity index (χ2v) is 4.83. The zero-order valence-corrected chi connectivity index (χ0v) is 11.1. The molecular formula is C13H21NOS. The molecule has 0 aromatic heterocycles. The van der Waals surface area contributed by atoms with E-state index in [1.54, 1.807) is 7.11 Å². The van der Waals surface area contributed by atoms with Crippen molar-refractivity contribution in [3.05, 3.63) is 29.8 Å². The summed E-state index contributed by atoms with van der Waals surface area (Å²) in [6, 6.07) is 8.63. The Morgan fingerprint density at radius 3 is 2.69 bits per heavy atom. The maximum Gasteiger partial charge on any atom is 0.123 e. The van der Waals surface area contributed by atoms with Crippen LogP contribution in [0.3, 0.4) is 0 Å².